The van der Waals surface area contributed by atoms with Gasteiger partial charge in [0, 0.05) is 12.4 Å². The summed E-state index contributed by atoms with van der Waals surface area (Å²) in [5.74, 6) is 0. The lowest BCUT2D eigenvalue weighted by Crippen LogP contribution is -2.12. The molecule has 0 amide bonds. The molecule has 0 aliphatic heterocycles. The predicted octanol–water partition coefficient (Wildman–Crippen LogP) is 2.95. The standard InChI is InChI=1S/C12H10ClN5S/c1-19-12(16-7-14)17-10-4-2-3-9(13)11(10)18-6-5-15-8-18/h2-6,8H,1H3,(H,16,17). The average Bonchev–Trinajstić information content (AvgIpc) is 2.92. The molecule has 2 rings (SSSR count). The Balaban J connectivity index is 2.53. The van der Waals surface area contributed by atoms with Crippen LogP contribution in [-0.2, 0) is 0 Å². The number of imidazole rings is 1. The maximum atomic E-state index is 8.66. The molecule has 2 aromatic rings. The van der Waals surface area contributed by atoms with Gasteiger partial charge >= 0.3 is 0 Å². The lowest BCUT2D eigenvalue weighted by atomic mass is 10.2. The Morgan fingerprint density at radius 2 is 2.42 bits per heavy atom. The zero-order chi connectivity index (χ0) is 13.7. The van der Waals surface area contributed by atoms with Gasteiger partial charge in [-0.2, -0.15) is 5.26 Å². The molecule has 0 bridgehead atoms. The van der Waals surface area contributed by atoms with Crippen LogP contribution in [0.1, 0.15) is 0 Å². The Morgan fingerprint density at radius 3 is 3.05 bits per heavy atom. The summed E-state index contributed by atoms with van der Waals surface area (Å²) in [5, 5.41) is 12.3. The van der Waals surface area contributed by atoms with Crippen molar-refractivity contribution in [2.24, 2.45) is 4.99 Å². The topological polar surface area (TPSA) is 66.0 Å². The van der Waals surface area contributed by atoms with E-state index in [2.05, 4.69) is 15.3 Å². The maximum Gasteiger partial charge on any atom is 0.183 e. The molecule has 19 heavy (non-hydrogen) atoms. The number of hydrogen-bond donors (Lipinski definition) is 1. The van der Waals surface area contributed by atoms with Crippen molar-refractivity contribution in [2.45, 2.75) is 0 Å². The molecular formula is C12H10ClN5S. The van der Waals surface area contributed by atoms with E-state index >= 15 is 0 Å². The number of para-hydroxylation sites is 1. The fourth-order valence-corrected chi connectivity index (χ4v) is 2.13. The van der Waals surface area contributed by atoms with Crippen LogP contribution in [0.5, 0.6) is 0 Å². The van der Waals surface area contributed by atoms with Gasteiger partial charge in [-0.05, 0) is 18.4 Å². The molecule has 0 saturated carbocycles. The second-order valence-electron chi connectivity index (χ2n) is 3.44. The van der Waals surface area contributed by atoms with Crippen LogP contribution in [-0.4, -0.2) is 21.0 Å². The molecule has 1 aromatic carbocycles. The van der Waals surface area contributed by atoms with E-state index in [1.54, 1.807) is 29.4 Å². The predicted molar refractivity (Wildman–Crippen MR) is 77.9 cm³/mol. The summed E-state index contributed by atoms with van der Waals surface area (Å²) in [4.78, 5) is 8.40. The van der Waals surface area contributed by atoms with Crippen LogP contribution in [0.4, 0.5) is 5.69 Å². The van der Waals surface area contributed by atoms with Crippen LogP contribution in [0.25, 0.3) is 5.69 Å². The average molecular weight is 292 g/mol. The summed E-state index contributed by atoms with van der Waals surface area (Å²) >= 11 is 7.56. The van der Waals surface area contributed by atoms with E-state index in [-0.39, 0.29) is 0 Å². The molecule has 0 spiro atoms. The molecule has 7 heteroatoms. The number of aromatic nitrogens is 2. The van der Waals surface area contributed by atoms with Crippen molar-refractivity contribution in [3.63, 3.8) is 0 Å². The third-order valence-corrected chi connectivity index (χ3v) is 3.19. The van der Waals surface area contributed by atoms with Crippen molar-refractivity contribution in [1.82, 2.24) is 14.9 Å². The molecule has 1 N–H and O–H groups in total. The second kappa shape index (κ2) is 6.27. The fraction of sp³-hybridized carbons (Fsp3) is 0.0833. The van der Waals surface area contributed by atoms with Crippen molar-refractivity contribution in [3.05, 3.63) is 41.9 Å². The molecule has 0 aliphatic rings. The molecule has 0 fully saturated rings. The second-order valence-corrected chi connectivity index (χ2v) is 4.64. The van der Waals surface area contributed by atoms with E-state index < -0.39 is 0 Å². The molecule has 0 atom stereocenters. The molecule has 0 radical (unpaired) electrons. The maximum absolute atomic E-state index is 8.66. The minimum Gasteiger partial charge on any atom is -0.303 e. The highest BCUT2D eigenvalue weighted by atomic mass is 35.5. The fourth-order valence-electron chi connectivity index (χ4n) is 1.52. The highest BCUT2D eigenvalue weighted by Gasteiger charge is 2.09. The monoisotopic (exact) mass is 291 g/mol. The van der Waals surface area contributed by atoms with E-state index in [1.165, 1.54) is 11.8 Å². The smallest absolute Gasteiger partial charge is 0.183 e. The number of rotatable bonds is 2. The minimum atomic E-state index is 0.506. The van der Waals surface area contributed by atoms with Crippen LogP contribution in [0, 0.1) is 11.5 Å². The van der Waals surface area contributed by atoms with Crippen LogP contribution in [0.3, 0.4) is 0 Å². The molecule has 0 aliphatic carbocycles. The lowest BCUT2D eigenvalue weighted by molar-refractivity contribution is 1.05. The van der Waals surface area contributed by atoms with Gasteiger partial charge in [0.05, 0.1) is 22.7 Å². The first kappa shape index (κ1) is 13.5. The van der Waals surface area contributed by atoms with Gasteiger partial charge < -0.3 is 4.57 Å². The molecule has 0 saturated heterocycles. The Kier molecular flexibility index (Phi) is 4.44. The Labute approximate surface area is 119 Å². The summed E-state index contributed by atoms with van der Waals surface area (Å²) in [6.07, 6.45) is 8.80. The summed E-state index contributed by atoms with van der Waals surface area (Å²) in [6.45, 7) is 0. The quantitative estimate of drug-likeness (QED) is 0.400. The zero-order valence-electron chi connectivity index (χ0n) is 10.0. The van der Waals surface area contributed by atoms with Crippen molar-refractivity contribution < 1.29 is 0 Å². The number of nitrogens with one attached hydrogen (secondary N) is 1. The number of nitrogens with zero attached hydrogens (tertiary/aromatic N) is 4. The van der Waals surface area contributed by atoms with Gasteiger partial charge in [-0.3, -0.25) is 5.32 Å². The van der Waals surface area contributed by atoms with E-state index in [0.717, 1.165) is 5.69 Å². The molecule has 0 unspecified atom stereocenters. The largest absolute Gasteiger partial charge is 0.303 e. The number of benzene rings is 1. The molecule has 96 valence electrons. The van der Waals surface area contributed by atoms with Crippen molar-refractivity contribution in [1.29, 1.82) is 5.26 Å². The first-order valence-corrected chi connectivity index (χ1v) is 6.91. The summed E-state index contributed by atoms with van der Waals surface area (Å²) in [6, 6.07) is 5.43. The number of aliphatic imine (C=N–C) groups is 1. The van der Waals surface area contributed by atoms with Crippen molar-refractivity contribution in [3.8, 4) is 11.9 Å². The minimum absolute atomic E-state index is 0.506. The Bertz CT molecular complexity index is 630. The summed E-state index contributed by atoms with van der Waals surface area (Å²) in [7, 11) is 0. The van der Waals surface area contributed by atoms with Crippen molar-refractivity contribution >= 4 is 34.2 Å². The van der Waals surface area contributed by atoms with Gasteiger partial charge in [-0.15, -0.1) is 0 Å². The third kappa shape index (κ3) is 3.08. The Morgan fingerprint density at radius 1 is 1.58 bits per heavy atom. The summed E-state index contributed by atoms with van der Waals surface area (Å²) in [5.41, 5.74) is 1.39. The van der Waals surface area contributed by atoms with E-state index in [1.807, 2.05) is 24.6 Å². The van der Waals surface area contributed by atoms with Gasteiger partial charge in [-0.25, -0.2) is 9.98 Å². The Hall–Kier alpha value is -1.97. The normalized spacial score (nSPS) is 11.1. The summed E-state index contributed by atoms with van der Waals surface area (Å²) < 4.78 is 1.78. The third-order valence-electron chi connectivity index (χ3n) is 2.31. The van der Waals surface area contributed by atoms with Crippen LogP contribution < -0.4 is 5.32 Å². The van der Waals surface area contributed by atoms with Gasteiger partial charge in [0.1, 0.15) is 0 Å². The van der Waals surface area contributed by atoms with Crippen LogP contribution in [0.2, 0.25) is 5.02 Å². The van der Waals surface area contributed by atoms with Gasteiger partial charge in [0.15, 0.2) is 11.4 Å². The number of amidine groups is 1. The number of hydrogen-bond acceptors (Lipinski definition) is 4. The van der Waals surface area contributed by atoms with E-state index in [9.17, 15) is 0 Å². The first-order valence-electron chi connectivity index (χ1n) is 5.31. The molecule has 1 aromatic heterocycles. The molecule has 1 heterocycles. The molecular weight excluding hydrogens is 282 g/mol. The van der Waals surface area contributed by atoms with Crippen LogP contribution >= 0.6 is 23.4 Å². The van der Waals surface area contributed by atoms with E-state index in [4.69, 9.17) is 16.9 Å². The highest BCUT2D eigenvalue weighted by molar-refractivity contribution is 8.13. The number of halogens is 1. The molecule has 5 nitrogen and oxygen atoms in total. The highest BCUT2D eigenvalue weighted by Crippen LogP contribution is 2.31. The first-order chi connectivity index (χ1) is 9.26. The van der Waals surface area contributed by atoms with Crippen molar-refractivity contribution in [2.75, 3.05) is 6.26 Å². The van der Waals surface area contributed by atoms with Gasteiger partial charge in [-0.1, -0.05) is 29.4 Å². The van der Waals surface area contributed by atoms with Gasteiger partial charge in [0.2, 0.25) is 0 Å². The van der Waals surface area contributed by atoms with E-state index in [0.29, 0.717) is 15.9 Å². The zero-order valence-corrected chi connectivity index (χ0v) is 11.6. The van der Waals surface area contributed by atoms with Gasteiger partial charge in [0.25, 0.3) is 0 Å². The van der Waals surface area contributed by atoms with Crippen LogP contribution in [0.15, 0.2) is 41.9 Å². The number of nitriles is 1. The lowest BCUT2D eigenvalue weighted by Gasteiger charge is -2.09. The number of thioether (sulfide) groups is 1. The SMILES string of the molecule is CSC(=Nc1cccc(Cl)c1-n1ccnc1)NC#N.